The monoisotopic (exact) mass is 904 g/mol. The Morgan fingerprint density at radius 3 is 1.89 bits per heavy atom. The number of rotatable bonds is 29. The molecule has 2 saturated carbocycles. The molecule has 0 bridgehead atoms. The van der Waals surface area contributed by atoms with Gasteiger partial charge in [-0.3, -0.25) is 14.9 Å². The fraction of sp³-hybridized carbons (Fsp3) is 0.659. The van der Waals surface area contributed by atoms with E-state index in [0.717, 1.165) is 6.20 Å². The second-order valence-corrected chi connectivity index (χ2v) is 15.0. The smallest absolute Gasteiger partial charge is 0.432 e. The van der Waals surface area contributed by atoms with Gasteiger partial charge in [-0.2, -0.15) is 18.3 Å². The van der Waals surface area contributed by atoms with E-state index < -0.39 is 47.7 Å². The van der Waals surface area contributed by atoms with Crippen molar-refractivity contribution in [1.29, 1.82) is 5.41 Å². The number of anilines is 2. The maximum atomic E-state index is 13.9. The molecule has 1 aromatic carbocycles. The van der Waals surface area contributed by atoms with E-state index in [2.05, 4.69) is 15.7 Å². The van der Waals surface area contributed by atoms with Crippen LogP contribution in [0.4, 0.5) is 33.9 Å². The van der Waals surface area contributed by atoms with Crippen molar-refractivity contribution in [1.82, 2.24) is 15.1 Å². The summed E-state index contributed by atoms with van der Waals surface area (Å²) in [6, 6.07) is 4.14. The number of amides is 1. The number of aromatic nitrogens is 2. The number of methoxy groups -OCH3 is 1. The minimum atomic E-state index is -5.08. The van der Waals surface area contributed by atoms with Gasteiger partial charge in [0.15, 0.2) is 6.73 Å². The molecule has 22 heteroatoms. The lowest BCUT2D eigenvalue weighted by molar-refractivity contribution is -0.0615. The van der Waals surface area contributed by atoms with Crippen molar-refractivity contribution in [2.75, 3.05) is 117 Å². The van der Waals surface area contributed by atoms with Crippen LogP contribution in [-0.4, -0.2) is 151 Å². The van der Waals surface area contributed by atoms with Crippen molar-refractivity contribution in [3.63, 3.8) is 0 Å². The van der Waals surface area contributed by atoms with Gasteiger partial charge < -0.3 is 64.1 Å². The number of ether oxygens (including phenoxy) is 9. The van der Waals surface area contributed by atoms with Crippen molar-refractivity contribution >= 4 is 29.3 Å². The van der Waals surface area contributed by atoms with Crippen LogP contribution in [0.5, 0.6) is 0 Å². The summed E-state index contributed by atoms with van der Waals surface area (Å²) < 4.78 is 104. The van der Waals surface area contributed by atoms with Gasteiger partial charge in [0.05, 0.1) is 97.2 Å². The summed E-state index contributed by atoms with van der Waals surface area (Å²) in [5.74, 6) is -1.70. The van der Waals surface area contributed by atoms with E-state index in [0.29, 0.717) is 95.9 Å². The van der Waals surface area contributed by atoms with Crippen LogP contribution in [0.2, 0.25) is 0 Å². The first-order chi connectivity index (χ1) is 30.1. The molecule has 63 heavy (non-hydrogen) atoms. The van der Waals surface area contributed by atoms with Gasteiger partial charge in [-0.15, -0.1) is 0 Å². The van der Waals surface area contributed by atoms with Crippen molar-refractivity contribution in [2.24, 2.45) is 18.9 Å². The number of aryl methyl sites for hydroxylation is 2. The normalized spacial score (nSPS) is 19.9. The summed E-state index contributed by atoms with van der Waals surface area (Å²) in [5, 5.41) is 29.2. The van der Waals surface area contributed by atoms with Gasteiger partial charge in [0, 0.05) is 37.5 Å². The highest BCUT2D eigenvalue weighted by molar-refractivity contribution is 6.08. The molecule has 4 rings (SSSR count). The van der Waals surface area contributed by atoms with E-state index in [-0.39, 0.29) is 68.4 Å². The quantitative estimate of drug-likeness (QED) is 0.0253. The molecule has 18 nitrogen and oxygen atoms in total. The Bertz CT molecular complexity index is 1780. The molecule has 0 aliphatic heterocycles. The van der Waals surface area contributed by atoms with Crippen LogP contribution < -0.4 is 16.4 Å². The molecule has 1 amide bonds. The summed E-state index contributed by atoms with van der Waals surface area (Å²) in [6.45, 7) is 5.81. The summed E-state index contributed by atoms with van der Waals surface area (Å²) in [6.07, 6.45) is -4.76. The summed E-state index contributed by atoms with van der Waals surface area (Å²) in [7, 11) is 3.19. The molecule has 2 unspecified atom stereocenters. The topological polar surface area (TPSA) is 229 Å². The standard InChI is InChI=1S/C41H60F4N6O12/c1-27-20-31(4-5-33(27)42)49-38(52)34-35(50-51(2)37(34)47)28-21-29-23-40(54,24-30(29)22-28)32(36(46)41(43,44)45)25-48-26-63-39(53)62-19-18-61-17-16-60-15-14-59-13-12-58-11-10-57-9-8-56-7-6-55-3/h4-5,20,25,28-30,46,48,54H,6-19,21-24,26,47H2,1-3H3,(H,49,52)/b32-25+,46-36?. The van der Waals surface area contributed by atoms with Crippen molar-refractivity contribution in [3.8, 4) is 0 Å². The fourth-order valence-electron chi connectivity index (χ4n) is 7.50. The first-order valence-corrected chi connectivity index (χ1v) is 20.6. The van der Waals surface area contributed by atoms with E-state index in [4.69, 9.17) is 53.8 Å². The zero-order valence-corrected chi connectivity index (χ0v) is 35.9. The molecule has 1 aromatic heterocycles. The van der Waals surface area contributed by atoms with E-state index in [1.54, 1.807) is 21.1 Å². The van der Waals surface area contributed by atoms with Crippen molar-refractivity contribution in [2.45, 2.75) is 50.3 Å². The number of aliphatic hydroxyl groups is 1. The Hall–Kier alpha value is -4.42. The van der Waals surface area contributed by atoms with Gasteiger partial charge in [-0.05, 0) is 68.2 Å². The number of nitrogens with two attached hydrogens (primary N) is 1. The number of nitrogen functional groups attached to an aromatic ring is 1. The average Bonchev–Trinajstić information content (AvgIpc) is 3.87. The number of carbonyl (C=O) groups is 2. The maximum Gasteiger partial charge on any atom is 0.510 e. The van der Waals surface area contributed by atoms with Crippen LogP contribution >= 0.6 is 0 Å². The molecule has 2 aromatic rings. The first kappa shape index (κ1) is 51.2. The molecular formula is C41H60F4N6O12. The van der Waals surface area contributed by atoms with Gasteiger partial charge >= 0.3 is 12.3 Å². The molecule has 2 aliphatic rings. The van der Waals surface area contributed by atoms with Gasteiger partial charge in [-0.1, -0.05) is 0 Å². The predicted octanol–water partition coefficient (Wildman–Crippen LogP) is 4.25. The van der Waals surface area contributed by atoms with Gasteiger partial charge in [0.2, 0.25) is 0 Å². The van der Waals surface area contributed by atoms with Gasteiger partial charge in [-0.25, -0.2) is 9.18 Å². The summed E-state index contributed by atoms with van der Waals surface area (Å²) in [5.41, 5.74) is 3.05. The second kappa shape index (κ2) is 25.8. The van der Waals surface area contributed by atoms with Crippen LogP contribution in [0.15, 0.2) is 30.0 Å². The number of hydrogen-bond acceptors (Lipinski definition) is 16. The van der Waals surface area contributed by atoms with Crippen LogP contribution in [0.25, 0.3) is 0 Å². The van der Waals surface area contributed by atoms with E-state index in [1.165, 1.54) is 22.9 Å². The number of hydrogen-bond donors (Lipinski definition) is 5. The number of nitrogens with zero attached hydrogens (tertiary/aromatic N) is 2. The van der Waals surface area contributed by atoms with Crippen molar-refractivity contribution in [3.05, 3.63) is 52.6 Å². The maximum absolute atomic E-state index is 13.9. The average molecular weight is 905 g/mol. The van der Waals surface area contributed by atoms with Crippen LogP contribution in [0.1, 0.15) is 53.2 Å². The lowest BCUT2D eigenvalue weighted by atomic mass is 9.84. The van der Waals surface area contributed by atoms with E-state index in [1.807, 2.05) is 0 Å². The van der Waals surface area contributed by atoms with Crippen LogP contribution in [-0.2, 0) is 49.7 Å². The highest BCUT2D eigenvalue weighted by Crippen LogP contribution is 2.56. The van der Waals surface area contributed by atoms with E-state index >= 15 is 0 Å². The summed E-state index contributed by atoms with van der Waals surface area (Å²) >= 11 is 0. The number of alkyl halides is 3. The zero-order valence-electron chi connectivity index (χ0n) is 35.9. The highest BCUT2D eigenvalue weighted by atomic mass is 19.4. The second-order valence-electron chi connectivity index (χ2n) is 15.0. The molecule has 354 valence electrons. The van der Waals surface area contributed by atoms with Crippen LogP contribution in [0, 0.1) is 30.0 Å². The number of nitrogens with one attached hydrogen (secondary N) is 3. The summed E-state index contributed by atoms with van der Waals surface area (Å²) in [4.78, 5) is 25.4. The molecule has 6 N–H and O–H groups in total. The Labute approximate surface area is 363 Å². The van der Waals surface area contributed by atoms with E-state index in [9.17, 15) is 32.3 Å². The van der Waals surface area contributed by atoms with Crippen LogP contribution in [0.3, 0.4) is 0 Å². The molecule has 0 saturated heterocycles. The molecule has 2 atom stereocenters. The van der Waals surface area contributed by atoms with Gasteiger partial charge in [0.25, 0.3) is 5.91 Å². The predicted molar refractivity (Wildman–Crippen MR) is 219 cm³/mol. The lowest BCUT2D eigenvalue weighted by Crippen LogP contribution is -2.39. The third-order valence-electron chi connectivity index (χ3n) is 10.5. The SMILES string of the molecule is COCCOCCOCCOCCOCCOCCOCCOC(=O)OCN/C=C(\C(=N)C(F)(F)F)C1(O)CC2CC(c3nn(C)c(N)c3C(=O)Nc3ccc(F)c(C)c3)CC2C1. The molecular weight excluding hydrogens is 844 g/mol. The number of halogens is 4. The highest BCUT2D eigenvalue weighted by Gasteiger charge is 2.54. The third kappa shape index (κ3) is 16.3. The lowest BCUT2D eigenvalue weighted by Gasteiger charge is -2.29. The number of benzene rings is 1. The Morgan fingerprint density at radius 2 is 1.40 bits per heavy atom. The Balaban J connectivity index is 1.11. The van der Waals surface area contributed by atoms with Gasteiger partial charge in [0.1, 0.15) is 29.5 Å². The molecule has 0 radical (unpaired) electrons. The zero-order chi connectivity index (χ0) is 45.8. The number of carbonyl (C=O) groups excluding carboxylic acids is 2. The molecule has 1 heterocycles. The molecule has 0 spiro atoms. The largest absolute Gasteiger partial charge is 0.510 e. The Kier molecular flexibility index (Phi) is 20.9. The third-order valence-corrected chi connectivity index (χ3v) is 10.5. The fourth-order valence-corrected chi connectivity index (χ4v) is 7.50. The Morgan fingerprint density at radius 1 is 0.889 bits per heavy atom. The molecule has 2 aliphatic carbocycles. The minimum Gasteiger partial charge on any atom is -0.432 e. The van der Waals surface area contributed by atoms with Crippen molar-refractivity contribution < 1.29 is 74.9 Å². The first-order valence-electron chi connectivity index (χ1n) is 20.6. The number of fused-ring (bicyclic) bond motifs is 1. The molecule has 2 fully saturated rings. The minimum absolute atomic E-state index is 0.0330.